The first-order chi connectivity index (χ1) is 11.4. The lowest BCUT2D eigenvalue weighted by molar-refractivity contribution is 0.362. The summed E-state index contributed by atoms with van der Waals surface area (Å²) >= 11 is 5.47. The Morgan fingerprint density at radius 3 is 2.62 bits per heavy atom. The van der Waals surface area contributed by atoms with Crippen molar-refractivity contribution < 1.29 is 13.2 Å². The van der Waals surface area contributed by atoms with Crippen LogP contribution in [0.5, 0.6) is 5.75 Å². The number of ether oxygens (including phenoxy) is 1. The van der Waals surface area contributed by atoms with Crippen LogP contribution in [0.25, 0.3) is 0 Å². The van der Waals surface area contributed by atoms with Crippen molar-refractivity contribution in [2.75, 3.05) is 6.61 Å². The van der Waals surface area contributed by atoms with Gasteiger partial charge in [0.15, 0.2) is 0 Å². The molecule has 0 aromatic heterocycles. The molecule has 0 unspecified atom stereocenters. The minimum absolute atomic E-state index is 0.150. The number of hydrogen-bond acceptors (Lipinski definition) is 4. The second-order valence-electron chi connectivity index (χ2n) is 4.59. The van der Waals surface area contributed by atoms with Crippen molar-refractivity contribution in [3.8, 4) is 5.75 Å². The van der Waals surface area contributed by atoms with Gasteiger partial charge in [-0.3, -0.25) is 0 Å². The molecule has 0 radical (unpaired) electrons. The van der Waals surface area contributed by atoms with Crippen LogP contribution >= 0.6 is 38.5 Å². The van der Waals surface area contributed by atoms with Gasteiger partial charge in [0.1, 0.15) is 12.4 Å². The van der Waals surface area contributed by atoms with Crippen molar-refractivity contribution in [1.29, 1.82) is 0 Å². The highest BCUT2D eigenvalue weighted by atomic mass is 127. The molecule has 24 heavy (non-hydrogen) atoms. The maximum atomic E-state index is 12.2. The topological polar surface area (TPSA) is 67.8 Å². The molecule has 2 aromatic carbocycles. The number of benzene rings is 2. The molecule has 2 rings (SSSR count). The van der Waals surface area contributed by atoms with Crippen LogP contribution in [-0.2, 0) is 10.0 Å². The summed E-state index contributed by atoms with van der Waals surface area (Å²) in [6, 6.07) is 11.9. The maximum absolute atomic E-state index is 12.2. The summed E-state index contributed by atoms with van der Waals surface area (Å²) in [6.07, 6.45) is 3.02. The van der Waals surface area contributed by atoms with E-state index in [0.717, 1.165) is 8.04 Å². The highest BCUT2D eigenvalue weighted by Crippen LogP contribution is 2.22. The largest absolute Gasteiger partial charge is 0.489 e. The second kappa shape index (κ2) is 8.63. The summed E-state index contributed by atoms with van der Waals surface area (Å²) in [6.45, 7) is 3.94. The lowest BCUT2D eigenvalue weighted by Crippen LogP contribution is -2.18. The number of hydrazone groups is 1. The molecule has 0 bridgehead atoms. The van der Waals surface area contributed by atoms with Crippen molar-refractivity contribution >= 4 is 54.8 Å². The average molecular weight is 521 g/mol. The molecule has 5 nitrogen and oxygen atoms in total. The van der Waals surface area contributed by atoms with Crippen LogP contribution in [-0.4, -0.2) is 21.2 Å². The van der Waals surface area contributed by atoms with Gasteiger partial charge in [-0.1, -0.05) is 28.6 Å². The fourth-order valence-corrected chi connectivity index (χ4v) is 3.26. The molecule has 8 heteroatoms. The SMILES string of the molecule is C=CCOc1ccc(Br)cc1/C=N\NS(=O)(=O)c1ccc(I)cc1. The van der Waals surface area contributed by atoms with Gasteiger partial charge in [-0.25, -0.2) is 4.83 Å². The lowest BCUT2D eigenvalue weighted by atomic mass is 10.2. The zero-order valence-corrected chi connectivity index (χ0v) is 17.0. The molecule has 1 N–H and O–H groups in total. The van der Waals surface area contributed by atoms with Gasteiger partial charge in [0, 0.05) is 13.6 Å². The Balaban J connectivity index is 2.17. The normalized spacial score (nSPS) is 11.4. The molecule has 2 aromatic rings. The highest BCUT2D eigenvalue weighted by Gasteiger charge is 2.12. The maximum Gasteiger partial charge on any atom is 0.276 e. The number of nitrogens with zero attached hydrogens (tertiary/aromatic N) is 1. The first-order valence-electron chi connectivity index (χ1n) is 6.76. The molecule has 126 valence electrons. The summed E-state index contributed by atoms with van der Waals surface area (Å²) < 4.78 is 31.6. The van der Waals surface area contributed by atoms with Crippen molar-refractivity contribution in [3.63, 3.8) is 0 Å². The molecular weight excluding hydrogens is 507 g/mol. The van der Waals surface area contributed by atoms with E-state index < -0.39 is 10.0 Å². The van der Waals surface area contributed by atoms with E-state index >= 15 is 0 Å². The standard InChI is InChI=1S/C16H14BrIN2O3S/c1-2-9-23-16-8-3-13(17)10-12(16)11-19-20-24(21,22)15-6-4-14(18)5-7-15/h2-8,10-11,20H,1,9H2/b19-11-. The van der Waals surface area contributed by atoms with E-state index in [4.69, 9.17) is 4.74 Å². The summed E-state index contributed by atoms with van der Waals surface area (Å²) in [7, 11) is -3.71. The van der Waals surface area contributed by atoms with Gasteiger partial charge in [0.25, 0.3) is 10.0 Å². The van der Waals surface area contributed by atoms with E-state index in [9.17, 15) is 8.42 Å². The first-order valence-corrected chi connectivity index (χ1v) is 10.1. The molecule has 0 heterocycles. The van der Waals surface area contributed by atoms with E-state index in [2.05, 4.69) is 55.0 Å². The zero-order chi connectivity index (χ0) is 17.6. The van der Waals surface area contributed by atoms with Crippen LogP contribution in [0.15, 0.2) is 69.6 Å². The lowest BCUT2D eigenvalue weighted by Gasteiger charge is -2.08. The van der Waals surface area contributed by atoms with E-state index in [1.54, 1.807) is 30.3 Å². The molecule has 0 saturated carbocycles. The third kappa shape index (κ3) is 5.32. The quantitative estimate of drug-likeness (QED) is 0.260. The second-order valence-corrected chi connectivity index (χ2v) is 8.41. The minimum Gasteiger partial charge on any atom is -0.489 e. The fourth-order valence-electron chi connectivity index (χ4n) is 1.73. The minimum atomic E-state index is -3.71. The van der Waals surface area contributed by atoms with Gasteiger partial charge in [-0.05, 0) is 65.1 Å². The van der Waals surface area contributed by atoms with Gasteiger partial charge in [0.05, 0.1) is 11.1 Å². The smallest absolute Gasteiger partial charge is 0.276 e. The van der Waals surface area contributed by atoms with Crippen molar-refractivity contribution in [3.05, 3.63) is 68.7 Å². The van der Waals surface area contributed by atoms with Gasteiger partial charge in [0.2, 0.25) is 0 Å². The first kappa shape index (κ1) is 18.9. The Morgan fingerprint density at radius 1 is 1.25 bits per heavy atom. The Morgan fingerprint density at radius 2 is 1.96 bits per heavy atom. The van der Waals surface area contributed by atoms with Crippen molar-refractivity contribution in [1.82, 2.24) is 4.83 Å². The summed E-state index contributed by atoms with van der Waals surface area (Å²) in [5.41, 5.74) is 0.636. The van der Waals surface area contributed by atoms with Crippen LogP contribution < -0.4 is 9.57 Å². The van der Waals surface area contributed by atoms with Crippen LogP contribution in [0, 0.1) is 3.57 Å². The monoisotopic (exact) mass is 520 g/mol. The van der Waals surface area contributed by atoms with Crippen molar-refractivity contribution in [2.24, 2.45) is 5.10 Å². The van der Waals surface area contributed by atoms with E-state index in [0.29, 0.717) is 17.9 Å². The molecule has 0 aliphatic carbocycles. The van der Waals surface area contributed by atoms with Crippen molar-refractivity contribution in [2.45, 2.75) is 4.90 Å². The van der Waals surface area contributed by atoms with Crippen LogP contribution in [0.2, 0.25) is 0 Å². The molecule has 0 aliphatic heterocycles. The van der Waals surface area contributed by atoms with Crippen LogP contribution in [0.3, 0.4) is 0 Å². The zero-order valence-electron chi connectivity index (χ0n) is 12.4. The van der Waals surface area contributed by atoms with Crippen LogP contribution in [0.4, 0.5) is 0 Å². The average Bonchev–Trinajstić information content (AvgIpc) is 2.54. The Kier molecular flexibility index (Phi) is 6.81. The number of halogens is 2. The van der Waals surface area contributed by atoms with Gasteiger partial charge >= 0.3 is 0 Å². The molecule has 0 fully saturated rings. The molecule has 0 aliphatic rings. The van der Waals surface area contributed by atoms with Gasteiger partial charge in [-0.2, -0.15) is 13.5 Å². The van der Waals surface area contributed by atoms with Gasteiger partial charge < -0.3 is 4.74 Å². The number of rotatable bonds is 7. The predicted molar refractivity (Wildman–Crippen MR) is 107 cm³/mol. The predicted octanol–water partition coefficient (Wildman–Crippen LogP) is 3.93. The fraction of sp³-hybridized carbons (Fsp3) is 0.0625. The number of hydrogen-bond donors (Lipinski definition) is 1. The Hall–Kier alpha value is -1.39. The number of nitrogens with one attached hydrogen (secondary N) is 1. The molecule has 0 amide bonds. The summed E-state index contributed by atoms with van der Waals surface area (Å²) in [4.78, 5) is 2.34. The van der Waals surface area contributed by atoms with Crippen LogP contribution in [0.1, 0.15) is 5.56 Å². The molecular formula is C16H14BrIN2O3S. The molecule has 0 atom stereocenters. The third-order valence-electron chi connectivity index (χ3n) is 2.83. The third-order valence-corrected chi connectivity index (χ3v) is 5.28. The molecule has 0 spiro atoms. The highest BCUT2D eigenvalue weighted by molar-refractivity contribution is 14.1. The summed E-state index contributed by atoms with van der Waals surface area (Å²) in [5, 5.41) is 3.83. The van der Waals surface area contributed by atoms with E-state index in [1.165, 1.54) is 18.3 Å². The van der Waals surface area contributed by atoms with E-state index in [1.807, 2.05) is 6.07 Å². The molecule has 0 saturated heterocycles. The summed E-state index contributed by atoms with van der Waals surface area (Å²) in [5.74, 6) is 0.579. The van der Waals surface area contributed by atoms with Gasteiger partial charge in [-0.15, -0.1) is 0 Å². The Labute approximate surface area is 163 Å². The van der Waals surface area contributed by atoms with E-state index in [-0.39, 0.29) is 4.90 Å². The number of sulfonamides is 1. The Bertz CT molecular complexity index is 852.